The van der Waals surface area contributed by atoms with Gasteiger partial charge in [0.2, 0.25) is 0 Å². The lowest BCUT2D eigenvalue weighted by Gasteiger charge is -2.11. The van der Waals surface area contributed by atoms with Crippen LogP contribution in [0.3, 0.4) is 0 Å². The third kappa shape index (κ3) is 2.86. The van der Waals surface area contributed by atoms with E-state index in [0.29, 0.717) is 6.07 Å². The molecule has 2 aromatic carbocycles. The molecule has 0 spiro atoms. The molecule has 0 aliphatic carbocycles. The number of carbonyl (C=O) groups is 1. The Labute approximate surface area is 119 Å². The van der Waals surface area contributed by atoms with Crippen LogP contribution in [0.4, 0.5) is 20.2 Å². The number of phenols is 1. The van der Waals surface area contributed by atoms with Crippen LogP contribution >= 0.6 is 0 Å². The minimum Gasteiger partial charge on any atom is -0.504 e. The highest BCUT2D eigenvalue weighted by atomic mass is 19.1. The van der Waals surface area contributed by atoms with Crippen LogP contribution in [-0.2, 0) is 0 Å². The lowest BCUT2D eigenvalue weighted by atomic mass is 10.1. The van der Waals surface area contributed by atoms with Crippen LogP contribution in [0.2, 0.25) is 0 Å². The number of halogens is 2. The highest BCUT2D eigenvalue weighted by Gasteiger charge is 2.18. The molecule has 21 heavy (non-hydrogen) atoms. The topological polar surface area (TPSA) is 84.6 Å². The number of hydrogen-bond acceptors (Lipinski definition) is 4. The first kappa shape index (κ1) is 14.6. The van der Waals surface area contributed by atoms with Gasteiger partial charge in [-0.3, -0.25) is 4.79 Å². The first-order valence-electron chi connectivity index (χ1n) is 5.86. The molecule has 2 aromatic rings. The fraction of sp³-hybridized carbons (Fsp3) is 0.0714. The Morgan fingerprint density at radius 1 is 1.33 bits per heavy atom. The second kappa shape index (κ2) is 5.66. The van der Waals surface area contributed by atoms with Crippen LogP contribution in [-0.4, -0.2) is 18.1 Å². The summed E-state index contributed by atoms with van der Waals surface area (Å²) in [5, 5.41) is 12.0. The van der Waals surface area contributed by atoms with E-state index in [4.69, 9.17) is 10.5 Å². The van der Waals surface area contributed by atoms with Crippen molar-refractivity contribution in [2.75, 3.05) is 18.2 Å². The zero-order valence-corrected chi connectivity index (χ0v) is 11.0. The Balaban J connectivity index is 2.35. The van der Waals surface area contributed by atoms with E-state index in [-0.39, 0.29) is 22.7 Å². The Morgan fingerprint density at radius 3 is 2.67 bits per heavy atom. The largest absolute Gasteiger partial charge is 0.504 e. The molecule has 0 bridgehead atoms. The first-order valence-corrected chi connectivity index (χ1v) is 5.86. The maximum absolute atomic E-state index is 13.6. The number of amides is 1. The predicted molar refractivity (Wildman–Crippen MR) is 73.4 cm³/mol. The quantitative estimate of drug-likeness (QED) is 0.759. The number of methoxy groups -OCH3 is 1. The monoisotopic (exact) mass is 294 g/mol. The fourth-order valence-electron chi connectivity index (χ4n) is 1.78. The highest BCUT2D eigenvalue weighted by Crippen LogP contribution is 2.31. The number of benzene rings is 2. The van der Waals surface area contributed by atoms with Crippen molar-refractivity contribution in [2.45, 2.75) is 0 Å². The third-order valence-corrected chi connectivity index (χ3v) is 2.79. The molecular weight excluding hydrogens is 282 g/mol. The number of anilines is 2. The van der Waals surface area contributed by atoms with Gasteiger partial charge in [-0.15, -0.1) is 0 Å². The number of nitrogen functional groups attached to an aromatic ring is 1. The molecule has 0 heterocycles. The van der Waals surface area contributed by atoms with Gasteiger partial charge in [0.05, 0.1) is 18.4 Å². The maximum Gasteiger partial charge on any atom is 0.259 e. The second-order valence-corrected chi connectivity index (χ2v) is 4.16. The van der Waals surface area contributed by atoms with Gasteiger partial charge in [-0.25, -0.2) is 8.78 Å². The van der Waals surface area contributed by atoms with Gasteiger partial charge >= 0.3 is 0 Å². The van der Waals surface area contributed by atoms with Crippen molar-refractivity contribution in [3.8, 4) is 11.5 Å². The zero-order valence-electron chi connectivity index (χ0n) is 11.0. The van der Waals surface area contributed by atoms with Crippen molar-refractivity contribution >= 4 is 17.3 Å². The van der Waals surface area contributed by atoms with E-state index in [1.165, 1.54) is 25.3 Å². The van der Waals surface area contributed by atoms with Crippen molar-refractivity contribution in [1.82, 2.24) is 0 Å². The standard InChI is InChI=1S/C14H12F2N2O3/c1-21-11-4-2-3-8(13(11)19)14(20)18-12-9(16)5-7(15)6-10(12)17/h2-6,19H,17H2,1H3,(H,18,20). The normalized spacial score (nSPS) is 10.2. The Kier molecular flexibility index (Phi) is 3.93. The Morgan fingerprint density at radius 2 is 2.05 bits per heavy atom. The number of rotatable bonds is 3. The molecule has 7 heteroatoms. The van der Waals surface area contributed by atoms with Gasteiger partial charge in [-0.05, 0) is 18.2 Å². The summed E-state index contributed by atoms with van der Waals surface area (Å²) in [5.74, 6) is -2.96. The molecule has 0 aliphatic rings. The number of nitrogens with two attached hydrogens (primary N) is 1. The summed E-state index contributed by atoms with van der Waals surface area (Å²) < 4.78 is 31.4. The first-order chi connectivity index (χ1) is 9.93. The van der Waals surface area contributed by atoms with Gasteiger partial charge in [0.15, 0.2) is 17.3 Å². The van der Waals surface area contributed by atoms with Crippen LogP contribution in [0, 0.1) is 11.6 Å². The summed E-state index contributed by atoms with van der Waals surface area (Å²) in [6.45, 7) is 0. The summed E-state index contributed by atoms with van der Waals surface area (Å²) in [6, 6.07) is 5.74. The summed E-state index contributed by atoms with van der Waals surface area (Å²) in [5.41, 5.74) is 4.71. The molecule has 0 saturated heterocycles. The molecule has 0 aromatic heterocycles. The summed E-state index contributed by atoms with van der Waals surface area (Å²) in [4.78, 5) is 12.0. The molecule has 1 amide bonds. The van der Waals surface area contributed by atoms with Gasteiger partial charge in [-0.1, -0.05) is 6.07 Å². The van der Waals surface area contributed by atoms with Crippen LogP contribution in [0.25, 0.3) is 0 Å². The highest BCUT2D eigenvalue weighted by molar-refractivity contribution is 6.08. The number of ether oxygens (including phenoxy) is 1. The van der Waals surface area contributed by atoms with Crippen molar-refractivity contribution in [1.29, 1.82) is 0 Å². The lowest BCUT2D eigenvalue weighted by molar-refractivity contribution is 0.102. The van der Waals surface area contributed by atoms with Crippen molar-refractivity contribution in [3.05, 3.63) is 47.5 Å². The second-order valence-electron chi connectivity index (χ2n) is 4.16. The van der Waals surface area contributed by atoms with E-state index < -0.39 is 23.3 Å². The molecular formula is C14H12F2N2O3. The van der Waals surface area contributed by atoms with Gasteiger partial charge in [0.25, 0.3) is 5.91 Å². The van der Waals surface area contributed by atoms with E-state index in [9.17, 15) is 18.7 Å². The van der Waals surface area contributed by atoms with Gasteiger partial charge in [-0.2, -0.15) is 0 Å². The van der Waals surface area contributed by atoms with Gasteiger partial charge in [0, 0.05) is 6.07 Å². The van der Waals surface area contributed by atoms with E-state index in [0.717, 1.165) is 6.07 Å². The van der Waals surface area contributed by atoms with Crippen molar-refractivity contribution in [3.63, 3.8) is 0 Å². The number of nitrogens with one attached hydrogen (secondary N) is 1. The Bertz CT molecular complexity index is 682. The predicted octanol–water partition coefficient (Wildman–Crippen LogP) is 2.51. The molecule has 0 aliphatic heterocycles. The van der Waals surface area contributed by atoms with Crippen LogP contribution in [0.5, 0.6) is 11.5 Å². The third-order valence-electron chi connectivity index (χ3n) is 2.79. The minimum absolute atomic E-state index is 0.0928. The number of phenolic OH excluding ortho intramolecular Hbond substituents is 1. The van der Waals surface area contributed by atoms with E-state index in [1.54, 1.807) is 0 Å². The average molecular weight is 294 g/mol. The summed E-state index contributed by atoms with van der Waals surface area (Å²) >= 11 is 0. The fourth-order valence-corrected chi connectivity index (χ4v) is 1.78. The van der Waals surface area contributed by atoms with Crippen LogP contribution < -0.4 is 15.8 Å². The number of hydrogen-bond donors (Lipinski definition) is 3. The number of carbonyl (C=O) groups excluding carboxylic acids is 1. The van der Waals surface area contributed by atoms with Crippen LogP contribution in [0.1, 0.15) is 10.4 Å². The lowest BCUT2D eigenvalue weighted by Crippen LogP contribution is -2.15. The molecule has 5 nitrogen and oxygen atoms in total. The van der Waals surface area contributed by atoms with Gasteiger partial charge < -0.3 is 20.9 Å². The van der Waals surface area contributed by atoms with E-state index in [1.807, 2.05) is 0 Å². The molecule has 0 fully saturated rings. The molecule has 0 atom stereocenters. The SMILES string of the molecule is COc1cccc(C(=O)Nc2c(N)cc(F)cc2F)c1O. The van der Waals surface area contributed by atoms with Crippen molar-refractivity contribution in [2.24, 2.45) is 0 Å². The maximum atomic E-state index is 13.6. The Hall–Kier alpha value is -2.83. The molecule has 0 unspecified atom stereocenters. The zero-order chi connectivity index (χ0) is 15.6. The molecule has 4 N–H and O–H groups in total. The molecule has 0 radical (unpaired) electrons. The number of para-hydroxylation sites is 1. The molecule has 2 rings (SSSR count). The van der Waals surface area contributed by atoms with E-state index in [2.05, 4.69) is 5.32 Å². The summed E-state index contributed by atoms with van der Waals surface area (Å²) in [7, 11) is 1.33. The van der Waals surface area contributed by atoms with Gasteiger partial charge in [0.1, 0.15) is 11.5 Å². The molecule has 0 saturated carbocycles. The summed E-state index contributed by atoms with van der Waals surface area (Å²) in [6.07, 6.45) is 0. The average Bonchev–Trinajstić information content (AvgIpc) is 2.42. The molecule has 110 valence electrons. The number of aromatic hydroxyl groups is 1. The van der Waals surface area contributed by atoms with Crippen molar-refractivity contribution < 1.29 is 23.4 Å². The van der Waals surface area contributed by atoms with Crippen LogP contribution in [0.15, 0.2) is 30.3 Å². The smallest absolute Gasteiger partial charge is 0.259 e. The van der Waals surface area contributed by atoms with E-state index >= 15 is 0 Å². The minimum atomic E-state index is -1.01.